The minimum Gasteiger partial charge on any atom is -0.493 e. The number of piperidine rings is 1. The zero-order chi connectivity index (χ0) is 29.8. The van der Waals surface area contributed by atoms with Crippen LogP contribution in [0.15, 0.2) is 54.9 Å². The summed E-state index contributed by atoms with van der Waals surface area (Å²) in [5.74, 6) is 1.65. The number of ether oxygens (including phenoxy) is 3. The first-order chi connectivity index (χ1) is 20.8. The van der Waals surface area contributed by atoms with Crippen LogP contribution < -0.4 is 15.0 Å². The maximum Gasteiger partial charge on any atom is 0.407 e. The third-order valence-electron chi connectivity index (χ3n) is 8.00. The summed E-state index contributed by atoms with van der Waals surface area (Å²) in [6, 6.07) is 16.6. The lowest BCUT2D eigenvalue weighted by Gasteiger charge is -2.34. The Kier molecular flexibility index (Phi) is 8.67. The van der Waals surface area contributed by atoms with Gasteiger partial charge in [-0.1, -0.05) is 12.1 Å². The van der Waals surface area contributed by atoms with Gasteiger partial charge in [-0.15, -0.1) is 0 Å². The highest BCUT2D eigenvalue weighted by molar-refractivity contribution is 5.92. The van der Waals surface area contributed by atoms with E-state index < -0.39 is 5.60 Å². The van der Waals surface area contributed by atoms with Crippen LogP contribution in [-0.2, 0) is 9.47 Å². The number of aromatic nitrogens is 3. The first kappa shape index (κ1) is 29.2. The van der Waals surface area contributed by atoms with Crippen LogP contribution in [0.4, 0.5) is 10.5 Å². The van der Waals surface area contributed by atoms with E-state index >= 15 is 0 Å². The minimum atomic E-state index is -0.503. The Labute approximate surface area is 252 Å². The van der Waals surface area contributed by atoms with Crippen molar-refractivity contribution in [1.29, 1.82) is 0 Å². The molecule has 0 radical (unpaired) electrons. The smallest absolute Gasteiger partial charge is 0.407 e. The van der Waals surface area contributed by atoms with Crippen molar-refractivity contribution in [3.8, 4) is 11.6 Å². The molecular weight excluding hydrogens is 544 g/mol. The first-order valence-corrected chi connectivity index (χ1v) is 15.4. The van der Waals surface area contributed by atoms with E-state index in [1.807, 2.05) is 49.9 Å². The molecule has 0 saturated carbocycles. The molecule has 2 fully saturated rings. The van der Waals surface area contributed by atoms with Gasteiger partial charge in [-0.05, 0) is 70.4 Å². The van der Waals surface area contributed by atoms with Gasteiger partial charge in [-0.25, -0.2) is 14.8 Å². The molecule has 2 aliphatic rings. The van der Waals surface area contributed by atoms with Crippen LogP contribution in [0.2, 0.25) is 0 Å². The SMILES string of the molecule is CC(C)(C)OC(=O)NC1CCN(c2cccc3ccc(-n4cnc5cc(OCCCN6CCOCC6)ccc54)nc23)CC1. The summed E-state index contributed by atoms with van der Waals surface area (Å²) in [5.41, 5.74) is 3.42. The molecule has 228 valence electrons. The van der Waals surface area contributed by atoms with Gasteiger partial charge in [-0.2, -0.15) is 0 Å². The van der Waals surface area contributed by atoms with Gasteiger partial charge >= 0.3 is 6.09 Å². The third kappa shape index (κ3) is 7.19. The maximum absolute atomic E-state index is 12.3. The van der Waals surface area contributed by atoms with Crippen LogP contribution in [0.1, 0.15) is 40.0 Å². The fourth-order valence-electron chi connectivity index (χ4n) is 5.82. The molecule has 43 heavy (non-hydrogen) atoms. The van der Waals surface area contributed by atoms with Crippen molar-refractivity contribution in [3.63, 3.8) is 0 Å². The molecule has 2 aromatic carbocycles. The number of rotatable bonds is 8. The summed E-state index contributed by atoms with van der Waals surface area (Å²) in [4.78, 5) is 26.8. The number of hydrogen-bond donors (Lipinski definition) is 1. The average Bonchev–Trinajstić information content (AvgIpc) is 3.42. The van der Waals surface area contributed by atoms with Crippen molar-refractivity contribution >= 4 is 33.7 Å². The Morgan fingerprint density at radius 3 is 2.65 bits per heavy atom. The largest absolute Gasteiger partial charge is 0.493 e. The van der Waals surface area contributed by atoms with Gasteiger partial charge < -0.3 is 24.4 Å². The number of morpholine rings is 1. The number of fused-ring (bicyclic) bond motifs is 2. The lowest BCUT2D eigenvalue weighted by atomic mass is 10.0. The lowest BCUT2D eigenvalue weighted by molar-refractivity contribution is 0.0358. The molecule has 10 heteroatoms. The number of nitrogens with one attached hydrogen (secondary N) is 1. The van der Waals surface area contributed by atoms with Crippen molar-refractivity contribution in [2.75, 3.05) is 57.4 Å². The number of para-hydroxylation sites is 1. The van der Waals surface area contributed by atoms with Crippen LogP contribution in [0.25, 0.3) is 27.8 Å². The maximum atomic E-state index is 12.3. The predicted molar refractivity (Wildman–Crippen MR) is 168 cm³/mol. The number of carbonyl (C=O) groups is 1. The summed E-state index contributed by atoms with van der Waals surface area (Å²) >= 11 is 0. The molecule has 1 amide bonds. The van der Waals surface area contributed by atoms with Crippen molar-refractivity contribution in [2.45, 2.75) is 51.7 Å². The normalized spacial score (nSPS) is 17.0. The zero-order valence-electron chi connectivity index (χ0n) is 25.4. The van der Waals surface area contributed by atoms with Gasteiger partial charge in [-0.3, -0.25) is 9.47 Å². The van der Waals surface area contributed by atoms with Crippen molar-refractivity contribution in [3.05, 3.63) is 54.9 Å². The summed E-state index contributed by atoms with van der Waals surface area (Å²) in [6.45, 7) is 12.6. The van der Waals surface area contributed by atoms with E-state index in [9.17, 15) is 4.79 Å². The Balaban J connectivity index is 1.12. The number of nitrogens with zero attached hydrogens (tertiary/aromatic N) is 5. The lowest BCUT2D eigenvalue weighted by Crippen LogP contribution is -2.46. The van der Waals surface area contributed by atoms with Gasteiger partial charge in [0.15, 0.2) is 0 Å². The molecule has 1 N–H and O–H groups in total. The van der Waals surface area contributed by atoms with E-state index in [0.717, 1.165) is 104 Å². The monoisotopic (exact) mass is 586 g/mol. The third-order valence-corrected chi connectivity index (χ3v) is 8.00. The standard InChI is InChI=1S/C33H42N6O4/c1-33(2,3)43-32(40)35-25-12-15-38(16-13-25)29-7-4-6-24-8-11-30(36-31(24)29)39-23-34-27-22-26(9-10-28(27)39)42-19-5-14-37-17-20-41-21-18-37/h4,6-11,22-23,25H,5,12-21H2,1-3H3,(H,35,40). The topological polar surface area (TPSA) is 94.0 Å². The molecule has 2 aliphatic heterocycles. The number of hydrogen-bond acceptors (Lipinski definition) is 8. The van der Waals surface area contributed by atoms with E-state index in [-0.39, 0.29) is 12.1 Å². The van der Waals surface area contributed by atoms with Crippen LogP contribution in [0.5, 0.6) is 5.75 Å². The molecule has 0 bridgehead atoms. The molecule has 0 atom stereocenters. The quantitative estimate of drug-likeness (QED) is 0.283. The Hall–Kier alpha value is -3.89. The average molecular weight is 587 g/mol. The highest BCUT2D eigenvalue weighted by Gasteiger charge is 2.25. The molecule has 6 rings (SSSR count). The second-order valence-electron chi connectivity index (χ2n) is 12.3. The summed E-state index contributed by atoms with van der Waals surface area (Å²) in [5, 5.41) is 4.12. The highest BCUT2D eigenvalue weighted by atomic mass is 16.6. The summed E-state index contributed by atoms with van der Waals surface area (Å²) in [6.07, 6.45) is 4.15. The zero-order valence-corrected chi connectivity index (χ0v) is 25.4. The molecule has 4 heterocycles. The van der Waals surface area contributed by atoms with Gasteiger partial charge in [0, 0.05) is 50.2 Å². The number of alkyl carbamates (subject to hydrolysis) is 1. The fraction of sp³-hybridized carbons (Fsp3) is 0.485. The molecule has 0 spiro atoms. The van der Waals surface area contributed by atoms with Gasteiger partial charge in [0.25, 0.3) is 0 Å². The van der Waals surface area contributed by atoms with E-state index in [0.29, 0.717) is 6.61 Å². The van der Waals surface area contributed by atoms with E-state index in [1.165, 1.54) is 0 Å². The van der Waals surface area contributed by atoms with Crippen molar-refractivity contribution in [1.82, 2.24) is 24.8 Å². The van der Waals surface area contributed by atoms with Gasteiger partial charge in [0.05, 0.1) is 42.1 Å². The minimum absolute atomic E-state index is 0.0977. The summed E-state index contributed by atoms with van der Waals surface area (Å²) < 4.78 is 19.0. The van der Waals surface area contributed by atoms with Crippen LogP contribution in [0, 0.1) is 0 Å². The second-order valence-corrected chi connectivity index (χ2v) is 12.3. The Morgan fingerprint density at radius 1 is 1.05 bits per heavy atom. The fourth-order valence-corrected chi connectivity index (χ4v) is 5.82. The van der Waals surface area contributed by atoms with Crippen LogP contribution >= 0.6 is 0 Å². The Bertz CT molecular complexity index is 1550. The molecule has 2 aromatic heterocycles. The van der Waals surface area contributed by atoms with Crippen molar-refractivity contribution in [2.24, 2.45) is 0 Å². The van der Waals surface area contributed by atoms with Crippen molar-refractivity contribution < 1.29 is 19.0 Å². The molecule has 10 nitrogen and oxygen atoms in total. The molecule has 2 saturated heterocycles. The highest BCUT2D eigenvalue weighted by Crippen LogP contribution is 2.30. The number of benzene rings is 2. The number of amides is 1. The van der Waals surface area contributed by atoms with Gasteiger partial charge in [0.1, 0.15) is 23.5 Å². The van der Waals surface area contributed by atoms with E-state index in [1.54, 1.807) is 0 Å². The van der Waals surface area contributed by atoms with Crippen LogP contribution in [-0.4, -0.2) is 89.7 Å². The molecule has 0 aliphatic carbocycles. The number of carbonyl (C=O) groups excluding carboxylic acids is 1. The first-order valence-electron chi connectivity index (χ1n) is 15.4. The van der Waals surface area contributed by atoms with Crippen LogP contribution in [0.3, 0.4) is 0 Å². The van der Waals surface area contributed by atoms with E-state index in [4.69, 9.17) is 19.2 Å². The second kappa shape index (κ2) is 12.8. The number of anilines is 1. The Morgan fingerprint density at radius 2 is 1.86 bits per heavy atom. The number of pyridine rings is 1. The molecule has 4 aromatic rings. The number of imidazole rings is 1. The molecular formula is C33H42N6O4. The van der Waals surface area contributed by atoms with Gasteiger partial charge in [0.2, 0.25) is 0 Å². The summed E-state index contributed by atoms with van der Waals surface area (Å²) in [7, 11) is 0. The predicted octanol–water partition coefficient (Wildman–Crippen LogP) is 5.17. The van der Waals surface area contributed by atoms with E-state index in [2.05, 4.69) is 50.4 Å². The molecule has 0 unspecified atom stereocenters.